The number of hydrogen-bond donors (Lipinski definition) is 1. The number of carboxylic acid groups (broad SMARTS) is 1. The number of alkyl halides is 2. The minimum Gasteiger partial charge on any atom is -0.495 e. The fourth-order valence-corrected chi connectivity index (χ4v) is 1.51. The second-order valence-corrected chi connectivity index (χ2v) is 3.53. The van der Waals surface area contributed by atoms with Gasteiger partial charge in [0, 0.05) is 5.56 Å². The first-order chi connectivity index (χ1) is 7.38. The maximum Gasteiger partial charge on any atom is 0.374 e. The number of benzene rings is 1. The molecule has 16 heavy (non-hydrogen) atoms. The second kappa shape index (κ2) is 4.65. The van der Waals surface area contributed by atoms with E-state index in [1.54, 1.807) is 0 Å². The molecular formula is C10H9ClF2O3. The maximum atomic E-state index is 13.0. The summed E-state index contributed by atoms with van der Waals surface area (Å²) < 4.78 is 30.8. The van der Waals surface area contributed by atoms with Crippen molar-refractivity contribution in [3.63, 3.8) is 0 Å². The van der Waals surface area contributed by atoms with Crippen LogP contribution in [0.3, 0.4) is 0 Å². The lowest BCUT2D eigenvalue weighted by Gasteiger charge is -2.14. The first-order valence-corrected chi connectivity index (χ1v) is 4.69. The van der Waals surface area contributed by atoms with E-state index in [9.17, 15) is 13.6 Å². The maximum absolute atomic E-state index is 13.0. The van der Waals surface area contributed by atoms with Gasteiger partial charge in [0.25, 0.3) is 0 Å². The largest absolute Gasteiger partial charge is 0.495 e. The molecule has 0 aliphatic rings. The minimum atomic E-state index is -3.84. The summed E-state index contributed by atoms with van der Waals surface area (Å²) in [4.78, 5) is 10.3. The molecule has 88 valence electrons. The number of hydrogen-bond acceptors (Lipinski definition) is 2. The van der Waals surface area contributed by atoms with Crippen molar-refractivity contribution >= 4 is 17.6 Å². The molecule has 0 aliphatic carbocycles. The average Bonchev–Trinajstić information content (AvgIpc) is 2.17. The molecular weight excluding hydrogens is 242 g/mol. The molecule has 0 bridgehead atoms. The van der Waals surface area contributed by atoms with Crippen molar-refractivity contribution in [1.29, 1.82) is 0 Å². The third-order valence-corrected chi connectivity index (χ3v) is 2.28. The molecule has 3 nitrogen and oxygen atoms in total. The lowest BCUT2D eigenvalue weighted by atomic mass is 10.1. The number of methoxy groups -OCH3 is 1. The van der Waals surface area contributed by atoms with Gasteiger partial charge in [-0.1, -0.05) is 23.7 Å². The predicted molar refractivity (Wildman–Crippen MR) is 54.3 cm³/mol. The summed E-state index contributed by atoms with van der Waals surface area (Å²) in [7, 11) is 1.28. The summed E-state index contributed by atoms with van der Waals surface area (Å²) in [6.45, 7) is 0. The van der Waals surface area contributed by atoms with Gasteiger partial charge in [-0.15, -0.1) is 0 Å². The highest BCUT2D eigenvalue weighted by atomic mass is 35.5. The molecule has 0 amide bonds. The van der Waals surface area contributed by atoms with E-state index in [-0.39, 0.29) is 16.3 Å². The Bertz CT molecular complexity index is 407. The van der Waals surface area contributed by atoms with Crippen LogP contribution in [0.2, 0.25) is 5.02 Å². The van der Waals surface area contributed by atoms with E-state index in [0.717, 1.165) is 0 Å². The Hall–Kier alpha value is -1.36. The van der Waals surface area contributed by atoms with Crippen molar-refractivity contribution < 1.29 is 23.4 Å². The molecule has 6 heteroatoms. The molecule has 1 N–H and O–H groups in total. The molecule has 0 aromatic heterocycles. The van der Waals surface area contributed by atoms with Gasteiger partial charge < -0.3 is 9.84 Å². The Labute approximate surface area is 95.6 Å². The molecule has 0 saturated heterocycles. The quantitative estimate of drug-likeness (QED) is 0.894. The number of para-hydroxylation sites is 1. The molecule has 0 unspecified atom stereocenters. The number of ether oxygens (including phenoxy) is 1. The number of carbonyl (C=O) groups is 1. The molecule has 0 spiro atoms. The van der Waals surface area contributed by atoms with E-state index < -0.39 is 18.3 Å². The van der Waals surface area contributed by atoms with Gasteiger partial charge in [-0.25, -0.2) is 4.79 Å². The van der Waals surface area contributed by atoms with Crippen LogP contribution in [0.5, 0.6) is 5.75 Å². The smallest absolute Gasteiger partial charge is 0.374 e. The van der Waals surface area contributed by atoms with Crippen LogP contribution in [0, 0.1) is 0 Å². The lowest BCUT2D eigenvalue weighted by molar-refractivity contribution is -0.164. The zero-order chi connectivity index (χ0) is 12.3. The van der Waals surface area contributed by atoms with Gasteiger partial charge in [0.1, 0.15) is 5.75 Å². The van der Waals surface area contributed by atoms with Crippen LogP contribution >= 0.6 is 11.6 Å². The molecule has 0 heterocycles. The fourth-order valence-electron chi connectivity index (χ4n) is 1.24. The lowest BCUT2D eigenvalue weighted by Crippen LogP contribution is -2.30. The van der Waals surface area contributed by atoms with E-state index >= 15 is 0 Å². The van der Waals surface area contributed by atoms with Crippen molar-refractivity contribution in [2.45, 2.75) is 12.3 Å². The van der Waals surface area contributed by atoms with Crippen LogP contribution in [0.15, 0.2) is 18.2 Å². The number of rotatable bonds is 4. The van der Waals surface area contributed by atoms with Gasteiger partial charge in [0.05, 0.1) is 18.6 Å². The highest BCUT2D eigenvalue weighted by Gasteiger charge is 2.39. The van der Waals surface area contributed by atoms with Crippen LogP contribution in [0.25, 0.3) is 0 Å². The van der Waals surface area contributed by atoms with Gasteiger partial charge in [-0.05, 0) is 6.07 Å². The van der Waals surface area contributed by atoms with Crippen LogP contribution < -0.4 is 4.74 Å². The number of carboxylic acids is 1. The normalized spacial score (nSPS) is 11.2. The molecule has 1 rings (SSSR count). The molecule has 1 aromatic carbocycles. The molecule has 0 radical (unpaired) electrons. The summed E-state index contributed by atoms with van der Waals surface area (Å²) in [6, 6.07) is 4.28. The standard InChI is InChI=1S/C10H9ClF2O3/c1-16-8-6(3-2-4-7(8)11)5-10(12,13)9(14)15/h2-4H,5H2,1H3,(H,14,15). The molecule has 0 saturated carbocycles. The predicted octanol–water partition coefficient (Wildman–Crippen LogP) is 2.61. The first-order valence-electron chi connectivity index (χ1n) is 4.31. The SMILES string of the molecule is COc1c(Cl)cccc1CC(F)(F)C(=O)O. The number of halogens is 3. The zero-order valence-electron chi connectivity index (χ0n) is 8.34. The van der Waals surface area contributed by atoms with Crippen molar-refractivity contribution in [1.82, 2.24) is 0 Å². The van der Waals surface area contributed by atoms with E-state index in [1.165, 1.54) is 25.3 Å². The van der Waals surface area contributed by atoms with E-state index in [4.69, 9.17) is 21.4 Å². The molecule has 0 atom stereocenters. The molecule has 1 aromatic rings. The topological polar surface area (TPSA) is 46.5 Å². The monoisotopic (exact) mass is 250 g/mol. The van der Waals surface area contributed by atoms with Crippen molar-refractivity contribution in [3.05, 3.63) is 28.8 Å². The van der Waals surface area contributed by atoms with Gasteiger partial charge in [-0.3, -0.25) is 0 Å². The summed E-state index contributed by atoms with van der Waals surface area (Å²) in [6.07, 6.45) is -0.952. The van der Waals surface area contributed by atoms with Gasteiger partial charge in [-0.2, -0.15) is 8.78 Å². The highest BCUT2D eigenvalue weighted by molar-refractivity contribution is 6.32. The van der Waals surface area contributed by atoms with Gasteiger partial charge >= 0.3 is 11.9 Å². The van der Waals surface area contributed by atoms with Crippen molar-refractivity contribution in [2.24, 2.45) is 0 Å². The van der Waals surface area contributed by atoms with Crippen LogP contribution in [-0.4, -0.2) is 24.1 Å². The van der Waals surface area contributed by atoms with Crippen LogP contribution in [0.1, 0.15) is 5.56 Å². The second-order valence-electron chi connectivity index (χ2n) is 3.12. The Morgan fingerprint density at radius 1 is 1.56 bits per heavy atom. The fraction of sp³-hybridized carbons (Fsp3) is 0.300. The average molecular weight is 251 g/mol. The van der Waals surface area contributed by atoms with Gasteiger partial charge in [0.15, 0.2) is 0 Å². The van der Waals surface area contributed by atoms with Crippen LogP contribution in [-0.2, 0) is 11.2 Å². The third kappa shape index (κ3) is 2.61. The summed E-state index contributed by atoms with van der Waals surface area (Å²) in [5.74, 6) is -5.93. The molecule has 0 aliphatic heterocycles. The highest BCUT2D eigenvalue weighted by Crippen LogP contribution is 2.32. The first kappa shape index (κ1) is 12.7. The van der Waals surface area contributed by atoms with E-state index in [1.807, 2.05) is 0 Å². The summed E-state index contributed by atoms with van der Waals surface area (Å²) in [5.41, 5.74) is 0.0578. The summed E-state index contributed by atoms with van der Waals surface area (Å²) in [5, 5.41) is 8.48. The van der Waals surface area contributed by atoms with Crippen molar-refractivity contribution in [3.8, 4) is 5.75 Å². The summed E-state index contributed by atoms with van der Waals surface area (Å²) >= 11 is 5.72. The number of aliphatic carboxylic acids is 1. The van der Waals surface area contributed by atoms with E-state index in [2.05, 4.69) is 0 Å². The van der Waals surface area contributed by atoms with E-state index in [0.29, 0.717) is 0 Å². The minimum absolute atomic E-state index is 0.0578. The Morgan fingerprint density at radius 3 is 2.69 bits per heavy atom. The third-order valence-electron chi connectivity index (χ3n) is 1.98. The van der Waals surface area contributed by atoms with Crippen molar-refractivity contribution in [2.75, 3.05) is 7.11 Å². The van der Waals surface area contributed by atoms with Gasteiger partial charge in [0.2, 0.25) is 0 Å². The molecule has 0 fully saturated rings. The Morgan fingerprint density at radius 2 is 2.19 bits per heavy atom. The van der Waals surface area contributed by atoms with Crippen LogP contribution in [0.4, 0.5) is 8.78 Å². The zero-order valence-corrected chi connectivity index (χ0v) is 9.09. The Kier molecular flexibility index (Phi) is 3.70. The Balaban J connectivity index is 3.06.